The van der Waals surface area contributed by atoms with E-state index < -0.39 is 0 Å². The number of aromatic nitrogens is 2. The lowest BCUT2D eigenvalue weighted by atomic mass is 9.93. The highest BCUT2D eigenvalue weighted by molar-refractivity contribution is 4.90. The molecule has 1 aliphatic heterocycles. The van der Waals surface area contributed by atoms with Crippen molar-refractivity contribution in [2.75, 3.05) is 26.2 Å². The SMILES string of the molecule is CCN1CCC(Cc2noc(CCCN)n2)CC1. The average Bonchev–Trinajstić information content (AvgIpc) is 2.85. The first-order chi connectivity index (χ1) is 8.81. The van der Waals surface area contributed by atoms with Crippen LogP contribution in [0.4, 0.5) is 0 Å². The summed E-state index contributed by atoms with van der Waals surface area (Å²) >= 11 is 0. The van der Waals surface area contributed by atoms with Gasteiger partial charge in [-0.05, 0) is 51.4 Å². The third-order valence-electron chi connectivity index (χ3n) is 3.73. The minimum Gasteiger partial charge on any atom is -0.339 e. The highest BCUT2D eigenvalue weighted by Gasteiger charge is 2.20. The van der Waals surface area contributed by atoms with E-state index in [2.05, 4.69) is 22.0 Å². The van der Waals surface area contributed by atoms with Crippen molar-refractivity contribution >= 4 is 0 Å². The Morgan fingerprint density at radius 1 is 1.39 bits per heavy atom. The van der Waals surface area contributed by atoms with Gasteiger partial charge >= 0.3 is 0 Å². The molecule has 0 radical (unpaired) electrons. The maximum absolute atomic E-state index is 5.46. The van der Waals surface area contributed by atoms with Crippen molar-refractivity contribution in [1.82, 2.24) is 15.0 Å². The van der Waals surface area contributed by atoms with Gasteiger partial charge in [0.15, 0.2) is 5.82 Å². The van der Waals surface area contributed by atoms with E-state index >= 15 is 0 Å². The zero-order valence-electron chi connectivity index (χ0n) is 11.3. The number of aryl methyl sites for hydroxylation is 1. The van der Waals surface area contributed by atoms with Crippen LogP contribution >= 0.6 is 0 Å². The summed E-state index contributed by atoms with van der Waals surface area (Å²) < 4.78 is 5.22. The van der Waals surface area contributed by atoms with Crippen LogP contribution in [0, 0.1) is 5.92 Å². The van der Waals surface area contributed by atoms with Crippen molar-refractivity contribution in [3.63, 3.8) is 0 Å². The average molecular weight is 252 g/mol. The van der Waals surface area contributed by atoms with Crippen LogP contribution in [-0.2, 0) is 12.8 Å². The molecular formula is C13H24N4O. The summed E-state index contributed by atoms with van der Waals surface area (Å²) in [6.45, 7) is 6.48. The van der Waals surface area contributed by atoms with Crippen LogP contribution in [0.1, 0.15) is 37.9 Å². The third kappa shape index (κ3) is 3.78. The first-order valence-electron chi connectivity index (χ1n) is 7.05. The standard InChI is InChI=1S/C13H24N4O/c1-2-17-8-5-11(6-9-17)10-12-15-13(18-16-12)4-3-7-14/h11H,2-10,14H2,1H3. The van der Waals surface area contributed by atoms with Gasteiger partial charge in [0.1, 0.15) is 0 Å². The van der Waals surface area contributed by atoms with Crippen LogP contribution in [0.15, 0.2) is 4.52 Å². The number of nitrogens with two attached hydrogens (primary N) is 1. The van der Waals surface area contributed by atoms with Crippen LogP contribution in [0.5, 0.6) is 0 Å². The van der Waals surface area contributed by atoms with E-state index in [4.69, 9.17) is 10.3 Å². The van der Waals surface area contributed by atoms with Crippen molar-refractivity contribution in [1.29, 1.82) is 0 Å². The lowest BCUT2D eigenvalue weighted by Crippen LogP contribution is -2.34. The van der Waals surface area contributed by atoms with E-state index in [1.54, 1.807) is 0 Å². The summed E-state index contributed by atoms with van der Waals surface area (Å²) in [5, 5.41) is 4.06. The van der Waals surface area contributed by atoms with Gasteiger partial charge in [-0.1, -0.05) is 12.1 Å². The molecule has 5 nitrogen and oxygen atoms in total. The van der Waals surface area contributed by atoms with E-state index in [9.17, 15) is 0 Å². The van der Waals surface area contributed by atoms with Crippen molar-refractivity contribution < 1.29 is 4.52 Å². The Bertz CT molecular complexity index is 345. The van der Waals surface area contributed by atoms with Crippen LogP contribution in [0.2, 0.25) is 0 Å². The molecule has 1 aromatic rings. The molecular weight excluding hydrogens is 228 g/mol. The van der Waals surface area contributed by atoms with Crippen molar-refractivity contribution in [3.8, 4) is 0 Å². The number of hydrogen-bond acceptors (Lipinski definition) is 5. The summed E-state index contributed by atoms with van der Waals surface area (Å²) in [5.74, 6) is 2.33. The summed E-state index contributed by atoms with van der Waals surface area (Å²) in [6, 6.07) is 0. The fourth-order valence-electron chi connectivity index (χ4n) is 2.49. The lowest BCUT2D eigenvalue weighted by molar-refractivity contribution is 0.190. The van der Waals surface area contributed by atoms with Gasteiger partial charge in [0.25, 0.3) is 0 Å². The van der Waals surface area contributed by atoms with Crippen LogP contribution in [0.3, 0.4) is 0 Å². The van der Waals surface area contributed by atoms with Crippen LogP contribution in [-0.4, -0.2) is 41.2 Å². The summed E-state index contributed by atoms with van der Waals surface area (Å²) in [6.07, 6.45) is 5.18. The van der Waals surface area contributed by atoms with Gasteiger partial charge in [-0.3, -0.25) is 0 Å². The molecule has 2 N–H and O–H groups in total. The van der Waals surface area contributed by atoms with Gasteiger partial charge in [0, 0.05) is 12.8 Å². The molecule has 1 fully saturated rings. The maximum atomic E-state index is 5.46. The molecule has 5 heteroatoms. The Morgan fingerprint density at radius 2 is 2.17 bits per heavy atom. The Hall–Kier alpha value is -0.940. The van der Waals surface area contributed by atoms with E-state index in [0.29, 0.717) is 12.5 Å². The maximum Gasteiger partial charge on any atom is 0.226 e. The number of hydrogen-bond donors (Lipinski definition) is 1. The van der Waals surface area contributed by atoms with Crippen molar-refractivity contribution in [3.05, 3.63) is 11.7 Å². The van der Waals surface area contributed by atoms with Gasteiger partial charge in [-0.25, -0.2) is 0 Å². The number of nitrogens with zero attached hydrogens (tertiary/aromatic N) is 3. The van der Waals surface area contributed by atoms with Gasteiger partial charge < -0.3 is 15.2 Å². The zero-order chi connectivity index (χ0) is 12.8. The molecule has 2 heterocycles. The normalized spacial score (nSPS) is 18.3. The van der Waals surface area contributed by atoms with Crippen LogP contribution < -0.4 is 5.73 Å². The third-order valence-corrected chi connectivity index (χ3v) is 3.73. The smallest absolute Gasteiger partial charge is 0.226 e. The number of rotatable bonds is 6. The molecule has 102 valence electrons. The quantitative estimate of drug-likeness (QED) is 0.825. The molecule has 2 rings (SSSR count). The van der Waals surface area contributed by atoms with Crippen LogP contribution in [0.25, 0.3) is 0 Å². The second-order valence-corrected chi connectivity index (χ2v) is 5.08. The first kappa shape index (κ1) is 13.5. The largest absolute Gasteiger partial charge is 0.339 e. The molecule has 1 aromatic heterocycles. The highest BCUT2D eigenvalue weighted by atomic mass is 16.5. The fraction of sp³-hybridized carbons (Fsp3) is 0.846. The van der Waals surface area contributed by atoms with Gasteiger partial charge in [0.05, 0.1) is 0 Å². The Labute approximate surface area is 109 Å². The molecule has 0 atom stereocenters. The second kappa shape index (κ2) is 6.85. The second-order valence-electron chi connectivity index (χ2n) is 5.08. The lowest BCUT2D eigenvalue weighted by Gasteiger charge is -2.30. The van der Waals surface area contributed by atoms with E-state index in [0.717, 1.165) is 37.5 Å². The molecule has 0 unspecified atom stereocenters. The van der Waals surface area contributed by atoms with Gasteiger partial charge in [-0.2, -0.15) is 4.98 Å². The summed E-state index contributed by atoms with van der Waals surface area (Å²) in [4.78, 5) is 6.93. The van der Waals surface area contributed by atoms with E-state index in [-0.39, 0.29) is 0 Å². The molecule has 0 saturated carbocycles. The first-order valence-corrected chi connectivity index (χ1v) is 7.05. The topological polar surface area (TPSA) is 68.2 Å². The minimum atomic E-state index is 0.674. The Morgan fingerprint density at radius 3 is 2.83 bits per heavy atom. The Balaban J connectivity index is 1.77. The summed E-state index contributed by atoms with van der Waals surface area (Å²) in [5.41, 5.74) is 5.46. The monoisotopic (exact) mass is 252 g/mol. The predicted molar refractivity (Wildman–Crippen MR) is 70.2 cm³/mol. The van der Waals surface area contributed by atoms with Crippen molar-refractivity contribution in [2.24, 2.45) is 11.7 Å². The Kier molecular flexibility index (Phi) is 5.13. The molecule has 0 aliphatic carbocycles. The molecule has 0 spiro atoms. The predicted octanol–water partition coefficient (Wildman–Crippen LogP) is 1.24. The van der Waals surface area contributed by atoms with Gasteiger partial charge in [0.2, 0.25) is 5.89 Å². The van der Waals surface area contributed by atoms with Crippen molar-refractivity contribution in [2.45, 2.75) is 39.0 Å². The van der Waals surface area contributed by atoms with E-state index in [1.807, 2.05) is 0 Å². The number of piperidine rings is 1. The zero-order valence-corrected chi connectivity index (χ0v) is 11.3. The van der Waals surface area contributed by atoms with E-state index in [1.165, 1.54) is 25.9 Å². The highest BCUT2D eigenvalue weighted by Crippen LogP contribution is 2.20. The summed E-state index contributed by atoms with van der Waals surface area (Å²) in [7, 11) is 0. The molecule has 1 saturated heterocycles. The van der Waals surface area contributed by atoms with Gasteiger partial charge in [-0.15, -0.1) is 0 Å². The molecule has 1 aliphatic rings. The molecule has 0 bridgehead atoms. The molecule has 0 aromatic carbocycles. The fourth-order valence-corrected chi connectivity index (χ4v) is 2.49. The molecule has 18 heavy (non-hydrogen) atoms. The number of likely N-dealkylation sites (tertiary alicyclic amines) is 1. The minimum absolute atomic E-state index is 0.674. The molecule has 0 amide bonds.